The fourth-order valence-corrected chi connectivity index (χ4v) is 3.19. The van der Waals surface area contributed by atoms with E-state index in [0.717, 1.165) is 63.1 Å². The van der Waals surface area contributed by atoms with Crippen molar-refractivity contribution in [3.8, 4) is 0 Å². The minimum atomic E-state index is 0.234. The molecule has 1 aromatic carbocycles. The van der Waals surface area contributed by atoms with Crippen LogP contribution in [0.1, 0.15) is 44.1 Å². The number of guanidine groups is 1. The van der Waals surface area contributed by atoms with E-state index in [1.54, 1.807) is 7.05 Å². The zero-order valence-electron chi connectivity index (χ0n) is 16.4. The molecule has 6 heteroatoms. The van der Waals surface area contributed by atoms with Gasteiger partial charge in [0.15, 0.2) is 5.96 Å². The number of anilines is 1. The maximum Gasteiger partial charge on any atom is 0.226 e. The van der Waals surface area contributed by atoms with Gasteiger partial charge in [0.2, 0.25) is 5.91 Å². The molecule has 0 atom stereocenters. The van der Waals surface area contributed by atoms with E-state index in [1.807, 2.05) is 17.0 Å². The lowest BCUT2D eigenvalue weighted by atomic mass is 10.1. The van der Waals surface area contributed by atoms with Gasteiger partial charge >= 0.3 is 0 Å². The Morgan fingerprint density at radius 2 is 2.04 bits per heavy atom. The first-order chi connectivity index (χ1) is 13.3. The predicted octanol–water partition coefficient (Wildman–Crippen LogP) is 2.69. The number of rotatable bonds is 9. The first kappa shape index (κ1) is 19.7. The van der Waals surface area contributed by atoms with Gasteiger partial charge in [-0.25, -0.2) is 0 Å². The molecule has 1 aliphatic heterocycles. The van der Waals surface area contributed by atoms with Crippen LogP contribution in [-0.4, -0.2) is 45.2 Å². The minimum absolute atomic E-state index is 0.234. The Hall–Kier alpha value is -2.08. The third-order valence-corrected chi connectivity index (χ3v) is 5.06. The molecule has 3 rings (SSSR count). The van der Waals surface area contributed by atoms with Crippen molar-refractivity contribution in [2.24, 2.45) is 10.9 Å². The Kier molecular flexibility index (Phi) is 7.51. The van der Waals surface area contributed by atoms with Crippen LogP contribution in [0.2, 0.25) is 0 Å². The van der Waals surface area contributed by atoms with E-state index >= 15 is 0 Å². The van der Waals surface area contributed by atoms with E-state index < -0.39 is 0 Å². The van der Waals surface area contributed by atoms with E-state index in [2.05, 4.69) is 27.8 Å². The van der Waals surface area contributed by atoms with Crippen LogP contribution >= 0.6 is 0 Å². The van der Waals surface area contributed by atoms with Crippen LogP contribution < -0.4 is 15.5 Å². The van der Waals surface area contributed by atoms with Crippen molar-refractivity contribution in [2.75, 3.05) is 38.3 Å². The van der Waals surface area contributed by atoms with Crippen LogP contribution in [0.5, 0.6) is 0 Å². The highest BCUT2D eigenvalue weighted by Crippen LogP contribution is 2.28. The molecular formula is C21H32N4O2. The Labute approximate surface area is 162 Å². The number of aliphatic imine (C=N–C) groups is 1. The summed E-state index contributed by atoms with van der Waals surface area (Å²) in [7, 11) is 1.78. The van der Waals surface area contributed by atoms with E-state index in [-0.39, 0.29) is 5.91 Å². The lowest BCUT2D eigenvalue weighted by molar-refractivity contribution is -0.119. The summed E-state index contributed by atoms with van der Waals surface area (Å²) >= 11 is 0. The number of nitrogens with zero attached hydrogens (tertiary/aromatic N) is 2. The second kappa shape index (κ2) is 10.3. The van der Waals surface area contributed by atoms with Gasteiger partial charge in [-0.15, -0.1) is 0 Å². The molecule has 1 amide bonds. The van der Waals surface area contributed by atoms with Crippen molar-refractivity contribution >= 4 is 17.6 Å². The van der Waals surface area contributed by atoms with Crippen LogP contribution in [-0.2, 0) is 16.1 Å². The molecule has 0 aromatic heterocycles. The van der Waals surface area contributed by atoms with Crippen LogP contribution in [0.4, 0.5) is 5.69 Å². The molecule has 6 nitrogen and oxygen atoms in total. The van der Waals surface area contributed by atoms with Crippen molar-refractivity contribution in [1.29, 1.82) is 0 Å². The molecular weight excluding hydrogens is 340 g/mol. The second-order valence-corrected chi connectivity index (χ2v) is 7.39. The molecule has 1 saturated heterocycles. The van der Waals surface area contributed by atoms with Crippen LogP contribution in [0.15, 0.2) is 29.3 Å². The Morgan fingerprint density at radius 3 is 2.74 bits per heavy atom. The summed E-state index contributed by atoms with van der Waals surface area (Å²) in [5.41, 5.74) is 2.16. The van der Waals surface area contributed by atoms with Gasteiger partial charge in [0.1, 0.15) is 0 Å². The van der Waals surface area contributed by atoms with E-state index in [9.17, 15) is 4.79 Å². The normalized spacial score (nSPS) is 17.9. The molecule has 148 valence electrons. The zero-order chi connectivity index (χ0) is 18.9. The van der Waals surface area contributed by atoms with Gasteiger partial charge in [-0.1, -0.05) is 12.1 Å². The topological polar surface area (TPSA) is 66.0 Å². The molecule has 0 bridgehead atoms. The van der Waals surface area contributed by atoms with Crippen LogP contribution in [0.25, 0.3) is 0 Å². The number of hydrogen-bond acceptors (Lipinski definition) is 3. The number of benzene rings is 1. The predicted molar refractivity (Wildman–Crippen MR) is 109 cm³/mol. The fourth-order valence-electron chi connectivity index (χ4n) is 3.19. The van der Waals surface area contributed by atoms with Gasteiger partial charge in [-0.3, -0.25) is 9.79 Å². The highest BCUT2D eigenvalue weighted by atomic mass is 16.5. The molecule has 1 saturated carbocycles. The molecule has 2 aliphatic rings. The molecule has 2 N–H and O–H groups in total. The average Bonchev–Trinajstić information content (AvgIpc) is 3.52. The lowest BCUT2D eigenvalue weighted by Crippen LogP contribution is -2.37. The summed E-state index contributed by atoms with van der Waals surface area (Å²) in [5, 5.41) is 6.65. The molecule has 0 spiro atoms. The summed E-state index contributed by atoms with van der Waals surface area (Å²) in [4.78, 5) is 18.2. The monoisotopic (exact) mass is 372 g/mol. The highest BCUT2D eigenvalue weighted by molar-refractivity contribution is 5.93. The SMILES string of the molecule is CN=C(NCCCOCC1CC1)NCc1ccc(N2CCCCC2=O)cc1. The number of nitrogens with one attached hydrogen (secondary N) is 2. The van der Waals surface area contributed by atoms with Gasteiger partial charge in [0, 0.05) is 52.0 Å². The van der Waals surface area contributed by atoms with E-state index in [4.69, 9.17) is 4.74 Å². The Bertz CT molecular complexity index is 626. The molecule has 0 unspecified atom stereocenters. The summed E-state index contributed by atoms with van der Waals surface area (Å²) in [6.07, 6.45) is 6.41. The van der Waals surface area contributed by atoms with Crippen molar-refractivity contribution in [3.05, 3.63) is 29.8 Å². The summed E-state index contributed by atoms with van der Waals surface area (Å²) < 4.78 is 5.64. The van der Waals surface area contributed by atoms with Crippen LogP contribution in [0.3, 0.4) is 0 Å². The molecule has 1 aromatic rings. The number of carbonyl (C=O) groups excluding carboxylic acids is 1. The standard InChI is InChI=1S/C21H32N4O2/c1-22-21(23-12-4-14-27-16-18-6-7-18)24-15-17-8-10-19(11-9-17)25-13-3-2-5-20(25)26/h8-11,18H,2-7,12-16H2,1H3,(H2,22,23,24). The first-order valence-corrected chi connectivity index (χ1v) is 10.2. The third-order valence-electron chi connectivity index (χ3n) is 5.06. The maximum atomic E-state index is 12.0. The minimum Gasteiger partial charge on any atom is -0.381 e. The Morgan fingerprint density at radius 1 is 1.22 bits per heavy atom. The third kappa shape index (κ3) is 6.54. The van der Waals surface area contributed by atoms with Gasteiger partial charge in [0.05, 0.1) is 0 Å². The largest absolute Gasteiger partial charge is 0.381 e. The highest BCUT2D eigenvalue weighted by Gasteiger charge is 2.21. The molecule has 1 aliphatic carbocycles. The lowest BCUT2D eigenvalue weighted by Gasteiger charge is -2.26. The first-order valence-electron chi connectivity index (χ1n) is 10.2. The summed E-state index contributed by atoms with van der Waals surface area (Å²) in [6, 6.07) is 8.22. The van der Waals surface area contributed by atoms with Crippen LogP contribution in [0, 0.1) is 5.92 Å². The van der Waals surface area contributed by atoms with Gasteiger partial charge in [0.25, 0.3) is 0 Å². The number of carbonyl (C=O) groups is 1. The number of ether oxygens (including phenoxy) is 1. The summed E-state index contributed by atoms with van der Waals surface area (Å²) in [5.74, 6) is 1.86. The van der Waals surface area contributed by atoms with Gasteiger partial charge in [-0.2, -0.15) is 0 Å². The second-order valence-electron chi connectivity index (χ2n) is 7.39. The zero-order valence-corrected chi connectivity index (χ0v) is 16.4. The van der Waals surface area contributed by atoms with Crippen molar-refractivity contribution < 1.29 is 9.53 Å². The van der Waals surface area contributed by atoms with Crippen molar-refractivity contribution in [3.63, 3.8) is 0 Å². The molecule has 1 heterocycles. The van der Waals surface area contributed by atoms with Crippen molar-refractivity contribution in [2.45, 2.75) is 45.1 Å². The van der Waals surface area contributed by atoms with E-state index in [1.165, 1.54) is 18.4 Å². The smallest absolute Gasteiger partial charge is 0.226 e. The van der Waals surface area contributed by atoms with Gasteiger partial charge < -0.3 is 20.3 Å². The fraction of sp³-hybridized carbons (Fsp3) is 0.619. The number of piperidine rings is 1. The molecule has 2 fully saturated rings. The quantitative estimate of drug-likeness (QED) is 0.397. The maximum absolute atomic E-state index is 12.0. The summed E-state index contributed by atoms with van der Waals surface area (Å²) in [6.45, 7) is 4.10. The molecule has 0 radical (unpaired) electrons. The number of hydrogen-bond donors (Lipinski definition) is 2. The molecule has 27 heavy (non-hydrogen) atoms. The Balaban J connectivity index is 1.35. The van der Waals surface area contributed by atoms with Crippen molar-refractivity contribution in [1.82, 2.24) is 10.6 Å². The van der Waals surface area contributed by atoms with E-state index in [0.29, 0.717) is 13.0 Å². The average molecular weight is 373 g/mol. The van der Waals surface area contributed by atoms with Gasteiger partial charge in [-0.05, 0) is 55.7 Å². The number of amides is 1.